The molecule has 3 aromatic rings. The average Bonchev–Trinajstić information content (AvgIpc) is 3.16. The molecule has 0 aliphatic carbocycles. The summed E-state index contributed by atoms with van der Waals surface area (Å²) < 4.78 is 4.38. The lowest BCUT2D eigenvalue weighted by Gasteiger charge is -2.13. The number of hydrogen-bond acceptors (Lipinski definition) is 5. The highest BCUT2D eigenvalue weighted by atomic mass is 32.1. The van der Waals surface area contributed by atoms with Crippen LogP contribution in [-0.2, 0) is 4.79 Å². The second-order valence-corrected chi connectivity index (χ2v) is 7.15. The fourth-order valence-corrected chi connectivity index (χ4v) is 3.45. The molecule has 0 fully saturated rings. The zero-order valence-corrected chi connectivity index (χ0v) is 16.6. The first-order valence-electron chi connectivity index (χ1n) is 9.14. The molecule has 2 aromatic heterocycles. The Kier molecular flexibility index (Phi) is 6.49. The van der Waals surface area contributed by atoms with Gasteiger partial charge in [-0.05, 0) is 35.1 Å². The average molecular weight is 395 g/mol. The van der Waals surface area contributed by atoms with Crippen LogP contribution >= 0.6 is 11.5 Å². The van der Waals surface area contributed by atoms with E-state index in [9.17, 15) is 9.59 Å². The Balaban J connectivity index is 1.81. The van der Waals surface area contributed by atoms with Gasteiger partial charge in [0.05, 0.1) is 11.4 Å². The van der Waals surface area contributed by atoms with Crippen molar-refractivity contribution in [2.75, 3.05) is 11.9 Å². The van der Waals surface area contributed by atoms with Crippen molar-refractivity contribution in [2.45, 2.75) is 26.2 Å². The Morgan fingerprint density at radius 2 is 1.86 bits per heavy atom. The second kappa shape index (κ2) is 9.23. The Morgan fingerprint density at radius 3 is 2.54 bits per heavy atom. The number of carbonyl (C=O) groups excluding carboxylic acids is 2. The van der Waals surface area contributed by atoms with E-state index in [1.807, 2.05) is 36.4 Å². The van der Waals surface area contributed by atoms with Gasteiger partial charge in [0.15, 0.2) is 0 Å². The topological polar surface area (TPSA) is 84.0 Å². The summed E-state index contributed by atoms with van der Waals surface area (Å²) in [5.74, 6) is -0.264. The molecule has 3 rings (SSSR count). The molecule has 0 radical (unpaired) electrons. The normalized spacial score (nSPS) is 11.6. The molecule has 7 heteroatoms. The highest BCUT2D eigenvalue weighted by Gasteiger charge is 2.23. The number of pyridine rings is 1. The third-order valence-corrected chi connectivity index (χ3v) is 5.17. The third-order valence-electron chi connectivity index (χ3n) is 4.33. The molecule has 1 atom stereocenters. The van der Waals surface area contributed by atoms with Crippen LogP contribution < -0.4 is 10.6 Å². The van der Waals surface area contributed by atoms with E-state index >= 15 is 0 Å². The summed E-state index contributed by atoms with van der Waals surface area (Å²) in [4.78, 5) is 29.5. The smallest absolute Gasteiger partial charge is 0.265 e. The van der Waals surface area contributed by atoms with Crippen LogP contribution in [-0.4, -0.2) is 27.7 Å². The van der Waals surface area contributed by atoms with E-state index in [4.69, 9.17) is 0 Å². The first-order chi connectivity index (χ1) is 13.6. The molecule has 2 amide bonds. The van der Waals surface area contributed by atoms with Crippen LogP contribution in [0.1, 0.15) is 41.4 Å². The van der Waals surface area contributed by atoms with Gasteiger partial charge in [0.25, 0.3) is 5.91 Å². The lowest BCUT2D eigenvalue weighted by Crippen LogP contribution is -2.27. The molecule has 0 aliphatic rings. The van der Waals surface area contributed by atoms with E-state index in [0.717, 1.165) is 17.1 Å². The standard InChI is InChI=1S/C21H22N4O2S/c1-3-17(26)24-19-18(16-11-7-8-12-22-16)25-28-20(19)21(27)23-13-14(2)15-9-5-4-6-10-15/h4-12,14H,3,13H2,1-2H3,(H,23,27)(H,24,26)/t14-/m0/s1. The number of benzene rings is 1. The van der Waals surface area contributed by atoms with Crippen LogP contribution in [0.3, 0.4) is 0 Å². The Labute approximate surface area is 168 Å². The molecular formula is C21H22N4O2S. The highest BCUT2D eigenvalue weighted by Crippen LogP contribution is 2.32. The van der Waals surface area contributed by atoms with Gasteiger partial charge in [-0.25, -0.2) is 0 Å². The van der Waals surface area contributed by atoms with Gasteiger partial charge in [-0.1, -0.05) is 50.2 Å². The van der Waals surface area contributed by atoms with E-state index in [2.05, 4.69) is 26.9 Å². The predicted octanol–water partition coefficient (Wildman–Crippen LogP) is 4.09. The van der Waals surface area contributed by atoms with Gasteiger partial charge in [0.2, 0.25) is 5.91 Å². The van der Waals surface area contributed by atoms with Gasteiger partial charge >= 0.3 is 0 Å². The molecule has 0 spiro atoms. The van der Waals surface area contributed by atoms with Crippen molar-refractivity contribution in [1.82, 2.24) is 14.7 Å². The molecule has 0 saturated carbocycles. The summed E-state index contributed by atoms with van der Waals surface area (Å²) >= 11 is 1.06. The van der Waals surface area contributed by atoms with Crippen LogP contribution in [0.5, 0.6) is 0 Å². The summed E-state index contributed by atoms with van der Waals surface area (Å²) in [6, 6.07) is 15.4. The molecule has 0 unspecified atom stereocenters. The second-order valence-electron chi connectivity index (χ2n) is 6.37. The monoisotopic (exact) mass is 394 g/mol. The summed E-state index contributed by atoms with van der Waals surface area (Å²) in [5.41, 5.74) is 2.69. The van der Waals surface area contributed by atoms with E-state index in [0.29, 0.717) is 34.9 Å². The Morgan fingerprint density at radius 1 is 1.11 bits per heavy atom. The van der Waals surface area contributed by atoms with E-state index < -0.39 is 0 Å². The molecule has 0 saturated heterocycles. The van der Waals surface area contributed by atoms with Crippen molar-refractivity contribution in [3.05, 3.63) is 65.2 Å². The number of amides is 2. The fourth-order valence-electron chi connectivity index (χ4n) is 2.69. The number of aromatic nitrogens is 2. The molecule has 6 nitrogen and oxygen atoms in total. The van der Waals surface area contributed by atoms with Gasteiger partial charge in [-0.2, -0.15) is 4.37 Å². The number of nitrogens with zero attached hydrogens (tertiary/aromatic N) is 2. The molecule has 2 heterocycles. The quantitative estimate of drug-likeness (QED) is 0.632. The number of rotatable bonds is 7. The van der Waals surface area contributed by atoms with E-state index in [-0.39, 0.29) is 17.7 Å². The van der Waals surface area contributed by atoms with Crippen LogP contribution in [0.15, 0.2) is 54.7 Å². The minimum atomic E-state index is -0.256. The van der Waals surface area contributed by atoms with Crippen molar-refractivity contribution in [1.29, 1.82) is 0 Å². The first-order valence-corrected chi connectivity index (χ1v) is 9.91. The maximum Gasteiger partial charge on any atom is 0.265 e. The van der Waals surface area contributed by atoms with Crippen LogP contribution in [0.25, 0.3) is 11.4 Å². The van der Waals surface area contributed by atoms with Gasteiger partial charge < -0.3 is 10.6 Å². The van der Waals surface area contributed by atoms with Gasteiger partial charge in [0.1, 0.15) is 10.6 Å². The fraction of sp³-hybridized carbons (Fsp3) is 0.238. The van der Waals surface area contributed by atoms with Gasteiger partial charge in [-0.3, -0.25) is 14.6 Å². The maximum atomic E-state index is 12.8. The van der Waals surface area contributed by atoms with Crippen molar-refractivity contribution in [2.24, 2.45) is 0 Å². The molecule has 1 aromatic carbocycles. The number of nitrogens with one attached hydrogen (secondary N) is 2. The summed E-state index contributed by atoms with van der Waals surface area (Å²) in [7, 11) is 0. The predicted molar refractivity (Wildman–Crippen MR) is 111 cm³/mol. The minimum Gasteiger partial charge on any atom is -0.351 e. The van der Waals surface area contributed by atoms with E-state index in [1.54, 1.807) is 25.3 Å². The summed E-state index contributed by atoms with van der Waals surface area (Å²) in [5, 5.41) is 5.77. The molecular weight excluding hydrogens is 372 g/mol. The van der Waals surface area contributed by atoms with Crippen molar-refractivity contribution in [3.8, 4) is 11.4 Å². The van der Waals surface area contributed by atoms with Crippen molar-refractivity contribution in [3.63, 3.8) is 0 Å². The first kappa shape index (κ1) is 19.7. The molecule has 2 N–H and O–H groups in total. The summed E-state index contributed by atoms with van der Waals surface area (Å²) in [6.45, 7) is 4.30. The number of carbonyl (C=O) groups is 2. The minimum absolute atomic E-state index is 0.169. The van der Waals surface area contributed by atoms with Crippen LogP contribution in [0.2, 0.25) is 0 Å². The third kappa shape index (κ3) is 4.61. The van der Waals surface area contributed by atoms with Crippen molar-refractivity contribution >= 4 is 29.0 Å². The Bertz CT molecular complexity index is 942. The number of anilines is 1. The molecule has 28 heavy (non-hydrogen) atoms. The largest absolute Gasteiger partial charge is 0.351 e. The Hall–Kier alpha value is -3.06. The van der Waals surface area contributed by atoms with Crippen molar-refractivity contribution < 1.29 is 9.59 Å². The zero-order chi connectivity index (χ0) is 19.9. The maximum absolute atomic E-state index is 12.8. The summed E-state index contributed by atoms with van der Waals surface area (Å²) in [6.07, 6.45) is 1.96. The molecule has 0 aliphatic heterocycles. The highest BCUT2D eigenvalue weighted by molar-refractivity contribution is 7.09. The van der Waals surface area contributed by atoms with Gasteiger partial charge in [0, 0.05) is 19.2 Å². The lowest BCUT2D eigenvalue weighted by molar-refractivity contribution is -0.115. The van der Waals surface area contributed by atoms with Gasteiger partial charge in [-0.15, -0.1) is 0 Å². The SMILES string of the molecule is CCC(=O)Nc1c(-c2ccccn2)nsc1C(=O)NC[C@H](C)c1ccccc1. The number of hydrogen-bond donors (Lipinski definition) is 2. The molecule has 144 valence electrons. The van der Waals surface area contributed by atoms with Crippen LogP contribution in [0, 0.1) is 0 Å². The zero-order valence-electron chi connectivity index (χ0n) is 15.8. The lowest BCUT2D eigenvalue weighted by atomic mass is 10.0. The van der Waals surface area contributed by atoms with E-state index in [1.165, 1.54) is 0 Å². The van der Waals surface area contributed by atoms with Crippen LogP contribution in [0.4, 0.5) is 5.69 Å². The molecule has 0 bridgehead atoms.